The lowest BCUT2D eigenvalue weighted by Gasteiger charge is -2.07. The van der Waals surface area contributed by atoms with Crippen LogP contribution in [0.1, 0.15) is 28.7 Å². The molecule has 114 valence electrons. The Morgan fingerprint density at radius 2 is 1.73 bits per heavy atom. The summed E-state index contributed by atoms with van der Waals surface area (Å²) < 4.78 is 1.58. The fraction of sp³-hybridized carbons (Fsp3) is 0.188. The van der Waals surface area contributed by atoms with E-state index in [0.29, 0.717) is 22.6 Å². The average Bonchev–Trinajstić information content (AvgIpc) is 2.79. The number of aliphatic carboxylic acids is 1. The zero-order valence-electron chi connectivity index (χ0n) is 12.3. The predicted octanol–water partition coefficient (Wildman–Crippen LogP) is 1.84. The van der Waals surface area contributed by atoms with Crippen LogP contribution in [0.5, 0.6) is 0 Å². The molecule has 0 saturated heterocycles. The van der Waals surface area contributed by atoms with Gasteiger partial charge in [0.25, 0.3) is 0 Å². The Bertz CT molecular complexity index is 729. The van der Waals surface area contributed by atoms with Crippen molar-refractivity contribution in [3.8, 4) is 0 Å². The van der Waals surface area contributed by atoms with Gasteiger partial charge in [-0.3, -0.25) is 14.4 Å². The molecule has 2 aromatic rings. The van der Waals surface area contributed by atoms with E-state index in [1.54, 1.807) is 48.0 Å². The predicted molar refractivity (Wildman–Crippen MR) is 80.9 cm³/mol. The van der Waals surface area contributed by atoms with E-state index in [4.69, 9.17) is 5.11 Å². The molecule has 0 fully saturated rings. The molecule has 0 atom stereocenters. The first-order valence-corrected chi connectivity index (χ1v) is 6.67. The third kappa shape index (κ3) is 3.41. The molecular formula is C16H16N2O4. The number of carboxylic acid groups (broad SMARTS) is 1. The molecule has 0 aliphatic heterocycles. The van der Waals surface area contributed by atoms with E-state index >= 15 is 0 Å². The normalized spacial score (nSPS) is 10.3. The van der Waals surface area contributed by atoms with Gasteiger partial charge in [0.05, 0.1) is 12.1 Å². The van der Waals surface area contributed by atoms with E-state index in [0.717, 1.165) is 0 Å². The minimum Gasteiger partial charge on any atom is -0.481 e. The fourth-order valence-electron chi connectivity index (χ4n) is 2.17. The van der Waals surface area contributed by atoms with Gasteiger partial charge < -0.3 is 15.0 Å². The largest absolute Gasteiger partial charge is 0.481 e. The molecule has 1 aromatic carbocycles. The Morgan fingerprint density at radius 3 is 2.27 bits per heavy atom. The molecule has 6 nitrogen and oxygen atoms in total. The monoisotopic (exact) mass is 300 g/mol. The number of hydrogen-bond acceptors (Lipinski definition) is 3. The van der Waals surface area contributed by atoms with Crippen LogP contribution < -0.4 is 5.32 Å². The highest BCUT2D eigenvalue weighted by atomic mass is 16.4. The van der Waals surface area contributed by atoms with E-state index in [1.165, 1.54) is 6.92 Å². The molecule has 22 heavy (non-hydrogen) atoms. The number of carbonyl (C=O) groups excluding carboxylic acids is 2. The second kappa shape index (κ2) is 6.26. The molecule has 0 aliphatic rings. The average molecular weight is 300 g/mol. The second-order valence-corrected chi connectivity index (χ2v) is 4.93. The van der Waals surface area contributed by atoms with Crippen molar-refractivity contribution in [2.45, 2.75) is 13.3 Å². The Hall–Kier alpha value is -2.89. The van der Waals surface area contributed by atoms with Gasteiger partial charge in [-0.25, -0.2) is 0 Å². The molecule has 0 spiro atoms. The maximum atomic E-state index is 12.4. The minimum atomic E-state index is -0.945. The number of carboxylic acids is 1. The van der Waals surface area contributed by atoms with E-state index in [-0.39, 0.29) is 18.1 Å². The summed E-state index contributed by atoms with van der Waals surface area (Å²) in [6.07, 6.45) is -0.134. The summed E-state index contributed by atoms with van der Waals surface area (Å²) in [6, 6.07) is 9.79. The smallest absolute Gasteiger partial charge is 0.309 e. The number of anilines is 1. The van der Waals surface area contributed by atoms with Crippen molar-refractivity contribution in [1.29, 1.82) is 0 Å². The molecule has 0 saturated carbocycles. The molecule has 1 heterocycles. The summed E-state index contributed by atoms with van der Waals surface area (Å²) in [7, 11) is 1.66. The Balaban J connectivity index is 2.23. The van der Waals surface area contributed by atoms with Gasteiger partial charge in [0.1, 0.15) is 0 Å². The SMILES string of the molecule is CC(=O)Nc1ccc(C(=O)c2ccc(CC(=O)O)n2C)cc1. The van der Waals surface area contributed by atoms with Crippen LogP contribution in [-0.2, 0) is 23.1 Å². The van der Waals surface area contributed by atoms with Crippen LogP contribution in [0.2, 0.25) is 0 Å². The molecule has 2 rings (SSSR count). The van der Waals surface area contributed by atoms with Crippen LogP contribution in [0.4, 0.5) is 5.69 Å². The highest BCUT2D eigenvalue weighted by Gasteiger charge is 2.16. The Labute approximate surface area is 127 Å². The topological polar surface area (TPSA) is 88.4 Å². The first-order valence-electron chi connectivity index (χ1n) is 6.67. The molecule has 6 heteroatoms. The lowest BCUT2D eigenvalue weighted by molar-refractivity contribution is -0.136. The van der Waals surface area contributed by atoms with Crippen molar-refractivity contribution in [2.75, 3.05) is 5.32 Å². The van der Waals surface area contributed by atoms with Gasteiger partial charge >= 0.3 is 5.97 Å². The van der Waals surface area contributed by atoms with Gasteiger partial charge in [-0.1, -0.05) is 0 Å². The number of hydrogen-bond donors (Lipinski definition) is 2. The number of carbonyl (C=O) groups is 3. The number of ketones is 1. The zero-order chi connectivity index (χ0) is 16.3. The molecule has 1 amide bonds. The van der Waals surface area contributed by atoms with Crippen LogP contribution in [-0.4, -0.2) is 27.3 Å². The van der Waals surface area contributed by atoms with Crippen LogP contribution in [0.3, 0.4) is 0 Å². The lowest BCUT2D eigenvalue weighted by atomic mass is 10.1. The van der Waals surface area contributed by atoms with Gasteiger partial charge in [-0.05, 0) is 36.4 Å². The van der Waals surface area contributed by atoms with Crippen LogP contribution in [0.15, 0.2) is 36.4 Å². The van der Waals surface area contributed by atoms with E-state index < -0.39 is 5.97 Å². The molecule has 0 aliphatic carbocycles. The van der Waals surface area contributed by atoms with Crippen LogP contribution in [0.25, 0.3) is 0 Å². The highest BCUT2D eigenvalue weighted by Crippen LogP contribution is 2.16. The summed E-state index contributed by atoms with van der Waals surface area (Å²) in [5.74, 6) is -1.33. The quantitative estimate of drug-likeness (QED) is 0.825. The first-order chi connectivity index (χ1) is 10.4. The number of benzene rings is 1. The maximum absolute atomic E-state index is 12.4. The van der Waals surface area contributed by atoms with Crippen molar-refractivity contribution >= 4 is 23.3 Å². The number of nitrogens with zero attached hydrogens (tertiary/aromatic N) is 1. The lowest BCUT2D eigenvalue weighted by Crippen LogP contribution is -2.12. The fourth-order valence-corrected chi connectivity index (χ4v) is 2.17. The highest BCUT2D eigenvalue weighted by molar-refractivity contribution is 6.08. The van der Waals surface area contributed by atoms with Gasteiger partial charge in [0.15, 0.2) is 0 Å². The Morgan fingerprint density at radius 1 is 1.09 bits per heavy atom. The molecular weight excluding hydrogens is 284 g/mol. The third-order valence-corrected chi connectivity index (χ3v) is 3.26. The number of amides is 1. The number of aromatic nitrogens is 1. The molecule has 0 unspecified atom stereocenters. The number of rotatable bonds is 5. The molecule has 1 aromatic heterocycles. The van der Waals surface area contributed by atoms with Crippen molar-refractivity contribution in [1.82, 2.24) is 4.57 Å². The summed E-state index contributed by atoms with van der Waals surface area (Å²) >= 11 is 0. The molecule has 2 N–H and O–H groups in total. The third-order valence-electron chi connectivity index (χ3n) is 3.26. The summed E-state index contributed by atoms with van der Waals surface area (Å²) in [6.45, 7) is 1.41. The standard InChI is InChI=1S/C16H16N2O4/c1-10(19)17-12-5-3-11(4-6-12)16(22)14-8-7-13(18(14)2)9-15(20)21/h3-8H,9H2,1-2H3,(H,17,19)(H,20,21). The van der Waals surface area contributed by atoms with E-state index in [2.05, 4.69) is 5.32 Å². The maximum Gasteiger partial charge on any atom is 0.309 e. The summed E-state index contributed by atoms with van der Waals surface area (Å²) in [5.41, 5.74) is 2.06. The number of nitrogens with one attached hydrogen (secondary N) is 1. The zero-order valence-corrected chi connectivity index (χ0v) is 12.3. The van der Waals surface area contributed by atoms with E-state index in [1.807, 2.05) is 0 Å². The van der Waals surface area contributed by atoms with Crippen molar-refractivity contribution in [2.24, 2.45) is 7.05 Å². The first kappa shape index (κ1) is 15.5. The molecule has 0 bridgehead atoms. The summed E-state index contributed by atoms with van der Waals surface area (Å²) in [5, 5.41) is 11.5. The second-order valence-electron chi connectivity index (χ2n) is 4.93. The van der Waals surface area contributed by atoms with Gasteiger partial charge in [-0.15, -0.1) is 0 Å². The van der Waals surface area contributed by atoms with Crippen LogP contribution >= 0.6 is 0 Å². The minimum absolute atomic E-state index is 0.134. The Kier molecular flexibility index (Phi) is 4.41. The van der Waals surface area contributed by atoms with Gasteiger partial charge in [0, 0.05) is 30.9 Å². The van der Waals surface area contributed by atoms with Gasteiger partial charge in [0.2, 0.25) is 11.7 Å². The van der Waals surface area contributed by atoms with Crippen LogP contribution in [0, 0.1) is 0 Å². The van der Waals surface area contributed by atoms with Crippen molar-refractivity contribution in [3.05, 3.63) is 53.3 Å². The molecule has 0 radical (unpaired) electrons. The summed E-state index contributed by atoms with van der Waals surface area (Å²) in [4.78, 5) is 34.2. The van der Waals surface area contributed by atoms with E-state index in [9.17, 15) is 14.4 Å². The van der Waals surface area contributed by atoms with Gasteiger partial charge in [-0.2, -0.15) is 0 Å². The van der Waals surface area contributed by atoms with Crippen molar-refractivity contribution in [3.63, 3.8) is 0 Å². The van der Waals surface area contributed by atoms with Crippen molar-refractivity contribution < 1.29 is 19.5 Å².